The van der Waals surface area contributed by atoms with E-state index in [1.165, 1.54) is 11.1 Å². The molecule has 2 N–H and O–H groups in total. The van der Waals surface area contributed by atoms with Crippen LogP contribution in [0.15, 0.2) is 73.1 Å². The van der Waals surface area contributed by atoms with Gasteiger partial charge in [-0.15, -0.1) is 0 Å². The zero-order chi connectivity index (χ0) is 21.2. The van der Waals surface area contributed by atoms with Gasteiger partial charge in [-0.2, -0.15) is 0 Å². The Balaban J connectivity index is 1.31. The highest BCUT2D eigenvalue weighted by Crippen LogP contribution is 2.40. The van der Waals surface area contributed by atoms with E-state index in [1.54, 1.807) is 12.3 Å². The van der Waals surface area contributed by atoms with Gasteiger partial charge in [-0.05, 0) is 73.1 Å². The number of aromatic nitrogens is 2. The van der Waals surface area contributed by atoms with Gasteiger partial charge >= 0.3 is 5.97 Å². The molecule has 0 saturated heterocycles. The molecule has 0 bridgehead atoms. The Labute approximate surface area is 181 Å². The van der Waals surface area contributed by atoms with Crippen LogP contribution in [0.25, 0.3) is 10.9 Å². The molecule has 0 unspecified atom stereocenters. The van der Waals surface area contributed by atoms with E-state index in [-0.39, 0.29) is 5.56 Å². The number of carbonyl (C=O) groups is 1. The predicted molar refractivity (Wildman–Crippen MR) is 123 cm³/mol. The molecule has 4 aromatic rings. The Morgan fingerprint density at radius 1 is 1.10 bits per heavy atom. The van der Waals surface area contributed by atoms with Crippen LogP contribution in [-0.4, -0.2) is 20.6 Å². The Morgan fingerprint density at radius 2 is 1.94 bits per heavy atom. The average Bonchev–Trinajstić information content (AvgIpc) is 3.56. The van der Waals surface area contributed by atoms with Crippen LogP contribution < -0.4 is 5.32 Å². The summed E-state index contributed by atoms with van der Waals surface area (Å²) < 4.78 is 2.27. The van der Waals surface area contributed by atoms with Crippen LogP contribution in [0.5, 0.6) is 0 Å². The number of nitrogens with one attached hydrogen (secondary N) is 1. The number of nitrogens with zero attached hydrogens (tertiary/aromatic N) is 2. The molecule has 0 aliphatic heterocycles. The quantitative estimate of drug-likeness (QED) is 0.374. The van der Waals surface area contributed by atoms with Crippen molar-refractivity contribution in [3.63, 3.8) is 0 Å². The highest BCUT2D eigenvalue weighted by molar-refractivity contribution is 5.94. The number of benzene rings is 2. The topological polar surface area (TPSA) is 67.2 Å². The number of carboxylic acids is 1. The fourth-order valence-corrected chi connectivity index (χ4v) is 4.09. The lowest BCUT2D eigenvalue weighted by Crippen LogP contribution is -2.06. The van der Waals surface area contributed by atoms with Gasteiger partial charge < -0.3 is 15.0 Å². The van der Waals surface area contributed by atoms with Crippen LogP contribution in [0.1, 0.15) is 46.7 Å². The van der Waals surface area contributed by atoms with Gasteiger partial charge in [0.15, 0.2) is 0 Å². The van der Waals surface area contributed by atoms with Crippen molar-refractivity contribution >= 4 is 28.4 Å². The summed E-state index contributed by atoms with van der Waals surface area (Å²) in [7, 11) is 0. The predicted octanol–water partition coefficient (Wildman–Crippen LogP) is 5.99. The van der Waals surface area contributed by atoms with Crippen LogP contribution in [0, 0.1) is 0 Å². The first kappa shape index (κ1) is 19.4. The number of pyridine rings is 1. The summed E-state index contributed by atoms with van der Waals surface area (Å²) in [4.78, 5) is 16.2. The van der Waals surface area contributed by atoms with Gasteiger partial charge in [-0.25, -0.2) is 9.78 Å². The molecule has 1 aliphatic rings. The number of hydrogen-bond donors (Lipinski definition) is 2. The average molecular weight is 412 g/mol. The second-order valence-electron chi connectivity index (χ2n) is 8.24. The van der Waals surface area contributed by atoms with Crippen LogP contribution >= 0.6 is 0 Å². The lowest BCUT2D eigenvalue weighted by molar-refractivity contribution is 0.0697. The van der Waals surface area contributed by atoms with Gasteiger partial charge in [-0.1, -0.05) is 30.3 Å². The SMILES string of the molecule is O=C(O)c1cc(C2CC2)cnc1Nc1ccc2c(ccn2CCCc2ccccc2)c1. The first-order valence-corrected chi connectivity index (χ1v) is 10.8. The van der Waals surface area contributed by atoms with Gasteiger partial charge in [0.25, 0.3) is 0 Å². The molecule has 2 aromatic heterocycles. The molecule has 2 heterocycles. The second-order valence-corrected chi connectivity index (χ2v) is 8.24. The van der Waals surface area contributed by atoms with Crippen molar-refractivity contribution in [2.45, 2.75) is 38.1 Å². The van der Waals surface area contributed by atoms with E-state index in [2.05, 4.69) is 57.5 Å². The minimum absolute atomic E-state index is 0.225. The van der Waals surface area contributed by atoms with Gasteiger partial charge in [0.2, 0.25) is 0 Å². The molecule has 5 nitrogen and oxygen atoms in total. The molecule has 0 amide bonds. The maximum Gasteiger partial charge on any atom is 0.339 e. The monoisotopic (exact) mass is 411 g/mol. The molecular formula is C26H25N3O2. The van der Waals surface area contributed by atoms with Crippen molar-refractivity contribution in [2.24, 2.45) is 0 Å². The number of hydrogen-bond acceptors (Lipinski definition) is 3. The molecule has 5 rings (SSSR count). The zero-order valence-corrected chi connectivity index (χ0v) is 17.3. The molecule has 31 heavy (non-hydrogen) atoms. The summed E-state index contributed by atoms with van der Waals surface area (Å²) in [6.45, 7) is 0.957. The minimum atomic E-state index is -0.955. The Morgan fingerprint density at radius 3 is 2.71 bits per heavy atom. The van der Waals surface area contributed by atoms with E-state index in [1.807, 2.05) is 18.2 Å². The van der Waals surface area contributed by atoms with Crippen molar-refractivity contribution in [3.05, 3.63) is 89.7 Å². The fraction of sp³-hybridized carbons (Fsp3) is 0.231. The summed E-state index contributed by atoms with van der Waals surface area (Å²) >= 11 is 0. The van der Waals surface area contributed by atoms with Gasteiger partial charge in [0, 0.05) is 35.5 Å². The van der Waals surface area contributed by atoms with Crippen molar-refractivity contribution < 1.29 is 9.90 Å². The third kappa shape index (κ3) is 4.31. The largest absolute Gasteiger partial charge is 0.478 e. The lowest BCUT2D eigenvalue weighted by atomic mass is 10.1. The van der Waals surface area contributed by atoms with E-state index in [4.69, 9.17) is 0 Å². The molecule has 0 spiro atoms. The molecule has 0 atom stereocenters. The highest BCUT2D eigenvalue weighted by Gasteiger charge is 2.26. The van der Waals surface area contributed by atoms with Crippen LogP contribution in [0.3, 0.4) is 0 Å². The summed E-state index contributed by atoms with van der Waals surface area (Å²) in [6, 6.07) is 20.5. The summed E-state index contributed by atoms with van der Waals surface area (Å²) in [5.74, 6) is -0.0978. The molecule has 1 aliphatic carbocycles. The Kier molecular flexibility index (Phi) is 5.16. The maximum atomic E-state index is 11.7. The van der Waals surface area contributed by atoms with E-state index in [0.717, 1.165) is 48.9 Å². The third-order valence-corrected chi connectivity index (χ3v) is 5.93. The summed E-state index contributed by atoms with van der Waals surface area (Å²) in [6.07, 6.45) is 8.28. The lowest BCUT2D eigenvalue weighted by Gasteiger charge is -2.11. The van der Waals surface area contributed by atoms with Gasteiger partial charge in [0.05, 0.1) is 0 Å². The molecule has 0 radical (unpaired) electrons. The molecule has 5 heteroatoms. The zero-order valence-electron chi connectivity index (χ0n) is 17.3. The number of aromatic carboxylic acids is 1. The van der Waals surface area contributed by atoms with Crippen molar-refractivity contribution in [1.29, 1.82) is 0 Å². The Bertz CT molecular complexity index is 1230. The summed E-state index contributed by atoms with van der Waals surface area (Å²) in [5, 5.41) is 14.0. The van der Waals surface area contributed by atoms with Crippen LogP contribution in [0.4, 0.5) is 11.5 Å². The third-order valence-electron chi connectivity index (χ3n) is 5.93. The molecule has 156 valence electrons. The number of fused-ring (bicyclic) bond motifs is 1. The smallest absolute Gasteiger partial charge is 0.339 e. The van der Waals surface area contributed by atoms with E-state index < -0.39 is 5.97 Å². The normalized spacial score (nSPS) is 13.4. The highest BCUT2D eigenvalue weighted by atomic mass is 16.4. The molecular weight excluding hydrogens is 386 g/mol. The van der Waals surface area contributed by atoms with E-state index in [9.17, 15) is 9.90 Å². The van der Waals surface area contributed by atoms with Crippen molar-refractivity contribution in [2.75, 3.05) is 5.32 Å². The van der Waals surface area contributed by atoms with Crippen LogP contribution in [-0.2, 0) is 13.0 Å². The Hall–Kier alpha value is -3.60. The van der Waals surface area contributed by atoms with Crippen LogP contribution in [0.2, 0.25) is 0 Å². The van der Waals surface area contributed by atoms with E-state index in [0.29, 0.717) is 11.7 Å². The standard InChI is InChI=1S/C26H25N3O2/c30-26(31)23-16-21(19-8-9-19)17-27-25(23)28-22-10-11-24-20(15-22)12-14-29(24)13-4-7-18-5-2-1-3-6-18/h1-3,5-6,10-12,14-17,19H,4,7-9,13H2,(H,27,28)(H,30,31). The number of anilines is 2. The first-order chi connectivity index (χ1) is 15.2. The number of rotatable bonds is 8. The van der Waals surface area contributed by atoms with E-state index >= 15 is 0 Å². The molecule has 1 saturated carbocycles. The number of carboxylic acid groups (broad SMARTS) is 1. The fourth-order valence-electron chi connectivity index (χ4n) is 4.09. The number of aryl methyl sites for hydroxylation is 2. The van der Waals surface area contributed by atoms with Crippen molar-refractivity contribution in [1.82, 2.24) is 9.55 Å². The first-order valence-electron chi connectivity index (χ1n) is 10.8. The molecule has 1 fully saturated rings. The molecule has 2 aromatic carbocycles. The second kappa shape index (κ2) is 8.26. The minimum Gasteiger partial charge on any atom is -0.478 e. The van der Waals surface area contributed by atoms with Gasteiger partial charge in [-0.3, -0.25) is 0 Å². The van der Waals surface area contributed by atoms with Gasteiger partial charge in [0.1, 0.15) is 11.4 Å². The van der Waals surface area contributed by atoms with Crippen molar-refractivity contribution in [3.8, 4) is 0 Å². The maximum absolute atomic E-state index is 11.7. The summed E-state index contributed by atoms with van der Waals surface area (Å²) in [5.41, 5.74) is 4.62.